The molecule has 0 aliphatic rings. The van der Waals surface area contributed by atoms with Crippen molar-refractivity contribution in [3.8, 4) is 17.1 Å². The van der Waals surface area contributed by atoms with Gasteiger partial charge in [-0.2, -0.15) is 0 Å². The minimum absolute atomic E-state index is 0.0869. The van der Waals surface area contributed by atoms with E-state index in [9.17, 15) is 4.39 Å². The standard InChI is InChI=1S/C15H11FIN3OS/c16-5-6-21-9-1-3-12-13(7-9)22-15-19-11(8-20(12)15)10-2-4-14(17)18-10/h1-4,7-8,18H,5-6H2. The summed E-state index contributed by atoms with van der Waals surface area (Å²) in [6.45, 7) is -0.395. The summed E-state index contributed by atoms with van der Waals surface area (Å²) in [6, 6.07) is 9.83. The third-order valence-electron chi connectivity index (χ3n) is 3.34. The van der Waals surface area contributed by atoms with Gasteiger partial charge in [0.2, 0.25) is 0 Å². The highest BCUT2D eigenvalue weighted by atomic mass is 127. The van der Waals surface area contributed by atoms with E-state index in [2.05, 4.69) is 37.0 Å². The van der Waals surface area contributed by atoms with Gasteiger partial charge < -0.3 is 9.72 Å². The van der Waals surface area contributed by atoms with E-state index in [1.807, 2.05) is 36.5 Å². The van der Waals surface area contributed by atoms with Crippen LogP contribution in [0.1, 0.15) is 0 Å². The van der Waals surface area contributed by atoms with Crippen LogP contribution in [0.5, 0.6) is 5.75 Å². The number of benzene rings is 1. The fraction of sp³-hybridized carbons (Fsp3) is 0.133. The number of hydrogen-bond donors (Lipinski definition) is 1. The molecule has 0 aliphatic carbocycles. The fourth-order valence-corrected chi connectivity index (χ4v) is 3.88. The first-order valence-electron chi connectivity index (χ1n) is 6.70. The van der Waals surface area contributed by atoms with Crippen LogP contribution in [0, 0.1) is 3.70 Å². The van der Waals surface area contributed by atoms with Gasteiger partial charge in [-0.1, -0.05) is 11.3 Å². The van der Waals surface area contributed by atoms with Gasteiger partial charge in [0.05, 0.1) is 19.6 Å². The Morgan fingerprint density at radius 2 is 2.23 bits per heavy atom. The first kappa shape index (κ1) is 14.0. The highest BCUT2D eigenvalue weighted by molar-refractivity contribution is 14.1. The molecular weight excluding hydrogens is 416 g/mol. The average molecular weight is 427 g/mol. The maximum atomic E-state index is 12.2. The van der Waals surface area contributed by atoms with E-state index >= 15 is 0 Å². The number of fused-ring (bicyclic) bond motifs is 3. The molecule has 22 heavy (non-hydrogen) atoms. The fourth-order valence-electron chi connectivity index (χ4n) is 2.38. The Labute approximate surface area is 143 Å². The molecule has 4 aromatic rings. The van der Waals surface area contributed by atoms with Crippen molar-refractivity contribution >= 4 is 49.1 Å². The summed E-state index contributed by atoms with van der Waals surface area (Å²) in [5.74, 6) is 0.689. The van der Waals surface area contributed by atoms with Crippen LogP contribution in [0.25, 0.3) is 26.6 Å². The molecule has 0 fully saturated rings. The number of ether oxygens (including phenoxy) is 1. The third kappa shape index (κ3) is 2.38. The van der Waals surface area contributed by atoms with E-state index in [-0.39, 0.29) is 6.61 Å². The molecule has 1 N–H and O–H groups in total. The number of H-pyrrole nitrogens is 1. The van der Waals surface area contributed by atoms with E-state index < -0.39 is 6.67 Å². The van der Waals surface area contributed by atoms with Crippen molar-refractivity contribution in [2.75, 3.05) is 13.3 Å². The molecule has 0 spiro atoms. The number of nitrogens with one attached hydrogen (secondary N) is 1. The summed E-state index contributed by atoms with van der Waals surface area (Å²) in [5.41, 5.74) is 3.01. The number of rotatable bonds is 4. The van der Waals surface area contributed by atoms with Gasteiger partial charge in [0.25, 0.3) is 0 Å². The topological polar surface area (TPSA) is 42.3 Å². The highest BCUT2D eigenvalue weighted by Gasteiger charge is 2.11. The number of alkyl halides is 1. The SMILES string of the molecule is FCCOc1ccc2c(c1)sc1nc(-c3ccc(I)[nH]3)cn12. The Balaban J connectivity index is 1.78. The molecule has 4 nitrogen and oxygen atoms in total. The summed E-state index contributed by atoms with van der Waals surface area (Å²) >= 11 is 3.84. The molecule has 1 aromatic carbocycles. The highest BCUT2D eigenvalue weighted by Crippen LogP contribution is 2.31. The molecule has 0 unspecified atom stereocenters. The summed E-state index contributed by atoms with van der Waals surface area (Å²) in [4.78, 5) is 8.88. The minimum atomic E-state index is -0.482. The Morgan fingerprint density at radius 1 is 1.32 bits per heavy atom. The smallest absolute Gasteiger partial charge is 0.195 e. The van der Waals surface area contributed by atoms with Gasteiger partial charge in [-0.15, -0.1) is 0 Å². The molecular formula is C15H11FIN3OS. The zero-order valence-corrected chi connectivity index (χ0v) is 14.3. The second kappa shape index (κ2) is 5.54. The lowest BCUT2D eigenvalue weighted by Gasteiger charge is -2.02. The molecule has 4 rings (SSSR count). The molecule has 0 saturated heterocycles. The van der Waals surface area contributed by atoms with E-state index in [1.165, 1.54) is 0 Å². The predicted octanol–water partition coefficient (Wildman–Crippen LogP) is 4.50. The number of aromatic amines is 1. The van der Waals surface area contributed by atoms with Gasteiger partial charge in [-0.25, -0.2) is 9.37 Å². The molecule has 0 bridgehead atoms. The van der Waals surface area contributed by atoms with Gasteiger partial charge in [-0.3, -0.25) is 4.40 Å². The molecule has 0 radical (unpaired) electrons. The van der Waals surface area contributed by atoms with Crippen LogP contribution in [0.3, 0.4) is 0 Å². The Hall–Kier alpha value is -1.61. The lowest BCUT2D eigenvalue weighted by atomic mass is 10.3. The largest absolute Gasteiger partial charge is 0.491 e. The van der Waals surface area contributed by atoms with Crippen LogP contribution in [0.2, 0.25) is 0 Å². The van der Waals surface area contributed by atoms with Crippen molar-refractivity contribution < 1.29 is 9.13 Å². The van der Waals surface area contributed by atoms with Crippen LogP contribution in [0.4, 0.5) is 4.39 Å². The van der Waals surface area contributed by atoms with Gasteiger partial charge in [0.15, 0.2) is 4.96 Å². The molecule has 0 saturated carbocycles. The van der Waals surface area contributed by atoms with Crippen molar-refractivity contribution in [3.63, 3.8) is 0 Å². The van der Waals surface area contributed by atoms with Crippen molar-refractivity contribution in [1.82, 2.24) is 14.4 Å². The van der Waals surface area contributed by atoms with Gasteiger partial charge in [0, 0.05) is 6.20 Å². The van der Waals surface area contributed by atoms with Crippen molar-refractivity contribution in [2.24, 2.45) is 0 Å². The van der Waals surface area contributed by atoms with Gasteiger partial charge in [0.1, 0.15) is 24.7 Å². The summed E-state index contributed by atoms with van der Waals surface area (Å²) < 4.78 is 21.7. The van der Waals surface area contributed by atoms with Crippen molar-refractivity contribution in [1.29, 1.82) is 0 Å². The maximum absolute atomic E-state index is 12.2. The monoisotopic (exact) mass is 427 g/mol. The van der Waals surface area contributed by atoms with Crippen LogP contribution in [-0.2, 0) is 0 Å². The lowest BCUT2D eigenvalue weighted by Crippen LogP contribution is -1.98. The van der Waals surface area contributed by atoms with Crippen molar-refractivity contribution in [3.05, 3.63) is 40.2 Å². The van der Waals surface area contributed by atoms with Crippen LogP contribution < -0.4 is 4.74 Å². The second-order valence-electron chi connectivity index (χ2n) is 4.77. The number of aromatic nitrogens is 3. The van der Waals surface area contributed by atoms with Gasteiger partial charge in [-0.05, 0) is 52.9 Å². The molecule has 3 aromatic heterocycles. The quantitative estimate of drug-likeness (QED) is 0.488. The maximum Gasteiger partial charge on any atom is 0.195 e. The Morgan fingerprint density at radius 3 is 3.00 bits per heavy atom. The van der Waals surface area contributed by atoms with E-state index in [0.29, 0.717) is 5.75 Å². The van der Waals surface area contributed by atoms with Gasteiger partial charge >= 0.3 is 0 Å². The van der Waals surface area contributed by atoms with E-state index in [4.69, 9.17) is 4.74 Å². The average Bonchev–Trinajstić information content (AvgIpc) is 3.18. The number of halogens is 2. The van der Waals surface area contributed by atoms with E-state index in [1.54, 1.807) is 11.3 Å². The van der Waals surface area contributed by atoms with E-state index in [0.717, 1.165) is 30.3 Å². The van der Waals surface area contributed by atoms with Crippen LogP contribution in [-0.4, -0.2) is 27.7 Å². The second-order valence-corrected chi connectivity index (χ2v) is 6.94. The molecule has 3 heterocycles. The summed E-state index contributed by atoms with van der Waals surface area (Å²) in [6.07, 6.45) is 2.03. The minimum Gasteiger partial charge on any atom is -0.491 e. The van der Waals surface area contributed by atoms with Crippen LogP contribution in [0.15, 0.2) is 36.5 Å². The predicted molar refractivity (Wildman–Crippen MR) is 94.5 cm³/mol. The molecule has 0 atom stereocenters. The summed E-state index contributed by atoms with van der Waals surface area (Å²) in [7, 11) is 0. The zero-order chi connectivity index (χ0) is 15.1. The Bertz CT molecular complexity index is 958. The number of imidazole rings is 1. The number of hydrogen-bond acceptors (Lipinski definition) is 3. The third-order valence-corrected chi connectivity index (χ3v) is 4.98. The first-order valence-corrected chi connectivity index (χ1v) is 8.59. The molecule has 0 aliphatic heterocycles. The normalized spacial score (nSPS) is 11.5. The summed E-state index contributed by atoms with van der Waals surface area (Å²) in [5, 5.41) is 0. The van der Waals surface area contributed by atoms with Crippen LogP contribution >= 0.6 is 33.9 Å². The zero-order valence-electron chi connectivity index (χ0n) is 11.3. The number of thiazole rings is 1. The Kier molecular flexibility index (Phi) is 3.53. The molecule has 7 heteroatoms. The number of nitrogens with zero attached hydrogens (tertiary/aromatic N) is 2. The molecule has 0 amide bonds. The lowest BCUT2D eigenvalue weighted by molar-refractivity contribution is 0.273. The van der Waals surface area contributed by atoms with Crippen molar-refractivity contribution in [2.45, 2.75) is 0 Å². The molecule has 112 valence electrons. The first-order chi connectivity index (χ1) is 10.7.